The largest absolute Gasteiger partial charge is 0.504 e. The van der Waals surface area contributed by atoms with Gasteiger partial charge in [-0.25, -0.2) is 0 Å². The topological polar surface area (TPSA) is 40.5 Å². The molecule has 0 heterocycles. The van der Waals surface area contributed by atoms with Gasteiger partial charge in [0.15, 0.2) is 11.5 Å². The van der Waals surface area contributed by atoms with Crippen LogP contribution in [0, 0.1) is 0 Å². The third-order valence-corrected chi connectivity index (χ3v) is 1.62. The van der Waals surface area contributed by atoms with Gasteiger partial charge in [0.1, 0.15) is 4.49 Å². The minimum absolute atomic E-state index is 0.0764. The summed E-state index contributed by atoms with van der Waals surface area (Å²) >= 11 is 14.8. The highest BCUT2D eigenvalue weighted by Crippen LogP contribution is 2.21. The highest BCUT2D eigenvalue weighted by Gasteiger charge is 1.90. The Kier molecular flexibility index (Phi) is 6.59. The van der Waals surface area contributed by atoms with E-state index in [1.54, 1.807) is 12.1 Å². The second-order valence-corrected chi connectivity index (χ2v) is 3.11. The predicted molar refractivity (Wildman–Crippen MR) is 55.4 cm³/mol. The van der Waals surface area contributed by atoms with Gasteiger partial charge in [-0.05, 0) is 12.1 Å². The van der Waals surface area contributed by atoms with Gasteiger partial charge in [-0.15, -0.1) is 0 Å². The molecule has 0 unspecified atom stereocenters. The highest BCUT2D eigenvalue weighted by atomic mass is 35.5. The van der Waals surface area contributed by atoms with Gasteiger partial charge in [0.25, 0.3) is 0 Å². The molecule has 13 heavy (non-hydrogen) atoms. The van der Waals surface area contributed by atoms with E-state index >= 15 is 0 Å². The standard InChI is InChI=1S/C6H6O2.C2HCl3/c7-5-3-1-2-4-6(5)8;3-1-2(4)5/h1-4,7-8H;1H. The fourth-order valence-corrected chi connectivity index (χ4v) is 0.464. The summed E-state index contributed by atoms with van der Waals surface area (Å²) in [4.78, 5) is 0. The molecular formula is C8H7Cl3O2. The van der Waals surface area contributed by atoms with Gasteiger partial charge in [0.05, 0.1) is 0 Å². The van der Waals surface area contributed by atoms with Crippen molar-refractivity contribution in [2.45, 2.75) is 0 Å². The summed E-state index contributed by atoms with van der Waals surface area (Å²) in [5.41, 5.74) is 1.09. The lowest BCUT2D eigenvalue weighted by Crippen LogP contribution is -1.63. The van der Waals surface area contributed by atoms with E-state index < -0.39 is 0 Å². The Balaban J connectivity index is 0.000000252. The van der Waals surface area contributed by atoms with E-state index in [0.717, 1.165) is 5.54 Å². The van der Waals surface area contributed by atoms with Gasteiger partial charge in [0.2, 0.25) is 0 Å². The molecule has 0 amide bonds. The van der Waals surface area contributed by atoms with Gasteiger partial charge in [-0.3, -0.25) is 0 Å². The molecule has 0 aliphatic rings. The molecule has 0 bridgehead atoms. The second kappa shape index (κ2) is 6.89. The zero-order valence-corrected chi connectivity index (χ0v) is 8.68. The Bertz CT molecular complexity index is 261. The van der Waals surface area contributed by atoms with Crippen LogP contribution in [-0.4, -0.2) is 10.2 Å². The quantitative estimate of drug-likeness (QED) is 0.681. The molecule has 1 aromatic rings. The fraction of sp³-hybridized carbons (Fsp3) is 0. The lowest BCUT2D eigenvalue weighted by atomic mass is 10.3. The summed E-state index contributed by atoms with van der Waals surface area (Å²) in [6.45, 7) is 0. The molecule has 0 aromatic heterocycles. The molecule has 0 radical (unpaired) electrons. The number of aromatic hydroxyl groups is 2. The second-order valence-electron chi connectivity index (χ2n) is 1.89. The summed E-state index contributed by atoms with van der Waals surface area (Å²) < 4.78 is 0.0895. The van der Waals surface area contributed by atoms with Crippen LogP contribution in [0.5, 0.6) is 11.5 Å². The molecule has 0 saturated carbocycles. The summed E-state index contributed by atoms with van der Waals surface area (Å²) in [7, 11) is 0. The van der Waals surface area contributed by atoms with E-state index in [-0.39, 0.29) is 16.0 Å². The molecule has 1 aromatic carbocycles. The minimum Gasteiger partial charge on any atom is -0.504 e. The SMILES string of the molecule is ClC=C(Cl)Cl.Oc1ccccc1O. The van der Waals surface area contributed by atoms with E-state index in [0.29, 0.717) is 0 Å². The smallest absolute Gasteiger partial charge is 0.157 e. The van der Waals surface area contributed by atoms with Crippen molar-refractivity contribution in [2.24, 2.45) is 0 Å². The molecule has 2 N–H and O–H groups in total. The highest BCUT2D eigenvalue weighted by molar-refractivity contribution is 6.58. The Hall–Kier alpha value is -0.570. The zero-order chi connectivity index (χ0) is 10.3. The molecule has 0 saturated heterocycles. The number of halogens is 3. The monoisotopic (exact) mass is 240 g/mol. The molecule has 72 valence electrons. The average molecular weight is 242 g/mol. The van der Waals surface area contributed by atoms with Crippen molar-refractivity contribution in [3.05, 3.63) is 34.3 Å². The zero-order valence-electron chi connectivity index (χ0n) is 6.42. The van der Waals surface area contributed by atoms with Crippen molar-refractivity contribution in [1.29, 1.82) is 0 Å². The van der Waals surface area contributed by atoms with E-state index in [9.17, 15) is 0 Å². The fourth-order valence-electron chi connectivity index (χ4n) is 0.464. The molecular weight excluding hydrogens is 234 g/mol. The van der Waals surface area contributed by atoms with Gasteiger partial charge >= 0.3 is 0 Å². The lowest BCUT2D eigenvalue weighted by Gasteiger charge is -1.91. The predicted octanol–water partition coefficient (Wildman–Crippen LogP) is 3.60. The van der Waals surface area contributed by atoms with E-state index in [2.05, 4.69) is 0 Å². The number of para-hydroxylation sites is 2. The normalized spacial score (nSPS) is 8.23. The third kappa shape index (κ3) is 6.58. The Morgan fingerprint density at radius 3 is 1.54 bits per heavy atom. The van der Waals surface area contributed by atoms with Crippen LogP contribution < -0.4 is 0 Å². The lowest BCUT2D eigenvalue weighted by molar-refractivity contribution is 0.404. The first-order chi connectivity index (χ1) is 6.07. The van der Waals surface area contributed by atoms with Crippen molar-refractivity contribution in [2.75, 3.05) is 0 Å². The van der Waals surface area contributed by atoms with Crippen LogP contribution in [0.15, 0.2) is 34.3 Å². The van der Waals surface area contributed by atoms with Crippen molar-refractivity contribution >= 4 is 34.8 Å². The first-order valence-corrected chi connectivity index (χ1v) is 4.35. The maximum absolute atomic E-state index is 8.67. The molecule has 0 atom stereocenters. The third-order valence-electron chi connectivity index (χ3n) is 0.964. The number of hydrogen-bond donors (Lipinski definition) is 2. The molecule has 2 nitrogen and oxygen atoms in total. The van der Waals surface area contributed by atoms with Gasteiger partial charge in [-0.1, -0.05) is 46.9 Å². The van der Waals surface area contributed by atoms with Crippen molar-refractivity contribution in [3.63, 3.8) is 0 Å². The molecule has 0 aliphatic heterocycles. The van der Waals surface area contributed by atoms with Crippen LogP contribution in [0.25, 0.3) is 0 Å². The van der Waals surface area contributed by atoms with Crippen LogP contribution in [0.4, 0.5) is 0 Å². The molecule has 5 heteroatoms. The minimum atomic E-state index is -0.0764. The van der Waals surface area contributed by atoms with Crippen LogP contribution in [-0.2, 0) is 0 Å². The number of phenols is 2. The Morgan fingerprint density at radius 2 is 1.38 bits per heavy atom. The maximum atomic E-state index is 8.67. The molecule has 1 rings (SSSR count). The van der Waals surface area contributed by atoms with E-state index in [4.69, 9.17) is 45.0 Å². The maximum Gasteiger partial charge on any atom is 0.157 e. The first kappa shape index (κ1) is 12.4. The first-order valence-electron chi connectivity index (χ1n) is 3.16. The summed E-state index contributed by atoms with van der Waals surface area (Å²) in [6.07, 6.45) is 0. The van der Waals surface area contributed by atoms with Crippen LogP contribution in [0.3, 0.4) is 0 Å². The Morgan fingerprint density at radius 1 is 1.08 bits per heavy atom. The number of benzene rings is 1. The summed E-state index contributed by atoms with van der Waals surface area (Å²) in [5, 5.41) is 17.3. The average Bonchev–Trinajstić information content (AvgIpc) is 2.11. The summed E-state index contributed by atoms with van der Waals surface area (Å²) in [5.74, 6) is -0.153. The van der Waals surface area contributed by atoms with E-state index in [1.807, 2.05) is 0 Å². The van der Waals surface area contributed by atoms with E-state index in [1.165, 1.54) is 12.1 Å². The number of hydrogen-bond acceptors (Lipinski definition) is 2. The van der Waals surface area contributed by atoms with Gasteiger partial charge in [0, 0.05) is 5.54 Å². The molecule has 0 spiro atoms. The van der Waals surface area contributed by atoms with Gasteiger partial charge in [-0.2, -0.15) is 0 Å². The molecule has 0 fully saturated rings. The van der Waals surface area contributed by atoms with Gasteiger partial charge < -0.3 is 10.2 Å². The van der Waals surface area contributed by atoms with Crippen LogP contribution in [0.1, 0.15) is 0 Å². The van der Waals surface area contributed by atoms with Crippen LogP contribution >= 0.6 is 34.8 Å². The van der Waals surface area contributed by atoms with Crippen molar-refractivity contribution in [1.82, 2.24) is 0 Å². The number of phenolic OH excluding ortho intramolecular Hbond substituents is 2. The summed E-state index contributed by atoms with van der Waals surface area (Å²) in [6, 6.07) is 6.15. The number of rotatable bonds is 0. The molecule has 0 aliphatic carbocycles. The van der Waals surface area contributed by atoms with Crippen molar-refractivity contribution in [3.8, 4) is 11.5 Å². The van der Waals surface area contributed by atoms with Crippen molar-refractivity contribution < 1.29 is 10.2 Å². The Labute approximate surface area is 91.0 Å². The van der Waals surface area contributed by atoms with Crippen LogP contribution in [0.2, 0.25) is 0 Å².